The number of nitrogens with two attached hydrogens (primary N) is 1. The molecule has 0 amide bonds. The zero-order chi connectivity index (χ0) is 12.3. The Balaban J connectivity index is 2.29. The fourth-order valence-electron chi connectivity index (χ4n) is 1.74. The van der Waals surface area contributed by atoms with E-state index in [-0.39, 0.29) is 5.82 Å². The summed E-state index contributed by atoms with van der Waals surface area (Å²) in [7, 11) is 0. The second-order valence-electron chi connectivity index (χ2n) is 4.06. The average molecular weight is 233 g/mol. The number of aromatic nitrogens is 2. The molecule has 0 fully saturated rings. The van der Waals surface area contributed by atoms with E-state index in [0.717, 1.165) is 25.0 Å². The molecule has 17 heavy (non-hydrogen) atoms. The fraction of sp³-hybridized carbons (Fsp3) is 0.308. The predicted octanol–water partition coefficient (Wildman–Crippen LogP) is 2.94. The fourth-order valence-corrected chi connectivity index (χ4v) is 1.74. The molecule has 0 spiro atoms. The largest absolute Gasteiger partial charge is 0.384 e. The number of benzene rings is 1. The first kappa shape index (κ1) is 11.6. The number of nitrogen functional groups attached to an aromatic ring is 1. The molecule has 1 heterocycles. The van der Waals surface area contributed by atoms with Crippen LogP contribution in [0.25, 0.3) is 5.69 Å². The molecular weight excluding hydrogens is 217 g/mol. The van der Waals surface area contributed by atoms with Crippen LogP contribution in [0.1, 0.15) is 25.5 Å². The van der Waals surface area contributed by atoms with Gasteiger partial charge in [-0.05, 0) is 31.0 Å². The summed E-state index contributed by atoms with van der Waals surface area (Å²) >= 11 is 0. The third-order valence-corrected chi connectivity index (χ3v) is 2.63. The second-order valence-corrected chi connectivity index (χ2v) is 4.06. The minimum atomic E-state index is -0.285. The Morgan fingerprint density at radius 1 is 1.35 bits per heavy atom. The minimum Gasteiger partial charge on any atom is -0.384 e. The van der Waals surface area contributed by atoms with Crippen molar-refractivity contribution in [1.82, 2.24) is 9.78 Å². The topological polar surface area (TPSA) is 43.8 Å². The smallest absolute Gasteiger partial charge is 0.127 e. The molecule has 0 saturated heterocycles. The maximum Gasteiger partial charge on any atom is 0.127 e. The molecule has 0 aliphatic rings. The van der Waals surface area contributed by atoms with Crippen LogP contribution in [0.3, 0.4) is 0 Å². The maximum absolute atomic E-state index is 13.1. The molecule has 4 heteroatoms. The third kappa shape index (κ3) is 2.64. The van der Waals surface area contributed by atoms with E-state index in [0.29, 0.717) is 11.5 Å². The third-order valence-electron chi connectivity index (χ3n) is 2.63. The molecule has 0 aliphatic carbocycles. The average Bonchev–Trinajstić information content (AvgIpc) is 2.68. The summed E-state index contributed by atoms with van der Waals surface area (Å²) in [5.41, 5.74) is 7.48. The van der Waals surface area contributed by atoms with Gasteiger partial charge in [0.15, 0.2) is 0 Å². The van der Waals surface area contributed by atoms with Crippen LogP contribution in [0.2, 0.25) is 0 Å². The van der Waals surface area contributed by atoms with Crippen LogP contribution >= 0.6 is 0 Å². The molecule has 0 bridgehead atoms. The van der Waals surface area contributed by atoms with Crippen LogP contribution < -0.4 is 5.73 Å². The van der Waals surface area contributed by atoms with Gasteiger partial charge in [0.2, 0.25) is 0 Å². The van der Waals surface area contributed by atoms with Crippen LogP contribution in [0.4, 0.5) is 10.2 Å². The molecular formula is C13H16FN3. The van der Waals surface area contributed by atoms with E-state index in [2.05, 4.69) is 12.0 Å². The highest BCUT2D eigenvalue weighted by Gasteiger charge is 2.07. The summed E-state index contributed by atoms with van der Waals surface area (Å²) in [4.78, 5) is 0. The van der Waals surface area contributed by atoms with E-state index < -0.39 is 0 Å². The zero-order valence-corrected chi connectivity index (χ0v) is 9.86. The van der Waals surface area contributed by atoms with E-state index >= 15 is 0 Å². The van der Waals surface area contributed by atoms with Crippen molar-refractivity contribution in [3.8, 4) is 5.69 Å². The van der Waals surface area contributed by atoms with E-state index in [1.54, 1.807) is 16.8 Å². The normalized spacial score (nSPS) is 10.7. The van der Waals surface area contributed by atoms with Crippen molar-refractivity contribution in [2.75, 3.05) is 5.73 Å². The van der Waals surface area contributed by atoms with Gasteiger partial charge in [-0.1, -0.05) is 19.4 Å². The van der Waals surface area contributed by atoms with Crippen molar-refractivity contribution >= 4 is 5.82 Å². The summed E-state index contributed by atoms with van der Waals surface area (Å²) < 4.78 is 14.7. The molecule has 3 nitrogen and oxygen atoms in total. The molecule has 0 atom stereocenters. The first-order valence-corrected chi connectivity index (χ1v) is 5.81. The SMILES string of the molecule is CCCCc1cc(N)n(-c2cccc(F)c2)n1. The Morgan fingerprint density at radius 2 is 2.18 bits per heavy atom. The number of rotatable bonds is 4. The van der Waals surface area contributed by atoms with Gasteiger partial charge >= 0.3 is 0 Å². The predicted molar refractivity (Wildman–Crippen MR) is 66.5 cm³/mol. The molecule has 0 saturated carbocycles. The monoisotopic (exact) mass is 233 g/mol. The number of unbranched alkanes of at least 4 members (excludes halogenated alkanes) is 1. The van der Waals surface area contributed by atoms with E-state index in [1.807, 2.05) is 6.07 Å². The molecule has 2 N–H and O–H groups in total. The van der Waals surface area contributed by atoms with Crippen LogP contribution in [0.5, 0.6) is 0 Å². The quantitative estimate of drug-likeness (QED) is 0.882. The maximum atomic E-state index is 13.1. The second kappa shape index (κ2) is 4.99. The Hall–Kier alpha value is -1.84. The number of hydrogen-bond donors (Lipinski definition) is 1. The van der Waals surface area contributed by atoms with Gasteiger partial charge in [0.1, 0.15) is 11.6 Å². The molecule has 0 aliphatic heterocycles. The van der Waals surface area contributed by atoms with Gasteiger partial charge in [-0.3, -0.25) is 0 Å². The Kier molecular flexibility index (Phi) is 3.42. The lowest BCUT2D eigenvalue weighted by atomic mass is 10.2. The first-order valence-electron chi connectivity index (χ1n) is 5.81. The van der Waals surface area contributed by atoms with E-state index in [4.69, 9.17) is 5.73 Å². The number of hydrogen-bond acceptors (Lipinski definition) is 2. The van der Waals surface area contributed by atoms with Crippen LogP contribution in [-0.2, 0) is 6.42 Å². The number of nitrogens with zero attached hydrogens (tertiary/aromatic N) is 2. The van der Waals surface area contributed by atoms with Gasteiger partial charge < -0.3 is 5.73 Å². The standard InChI is InChI=1S/C13H16FN3/c1-2-3-6-11-9-13(15)17(16-11)12-7-4-5-10(14)8-12/h4-5,7-9H,2-3,6,15H2,1H3. The summed E-state index contributed by atoms with van der Waals surface area (Å²) in [5, 5.41) is 4.38. The summed E-state index contributed by atoms with van der Waals surface area (Å²) in [5.74, 6) is 0.259. The van der Waals surface area contributed by atoms with Gasteiger partial charge in [0, 0.05) is 6.07 Å². The van der Waals surface area contributed by atoms with Gasteiger partial charge in [0.25, 0.3) is 0 Å². The summed E-state index contributed by atoms with van der Waals surface area (Å²) in [6.45, 7) is 2.13. The Morgan fingerprint density at radius 3 is 2.88 bits per heavy atom. The molecule has 0 radical (unpaired) electrons. The van der Waals surface area contributed by atoms with Crippen molar-refractivity contribution in [3.63, 3.8) is 0 Å². The van der Waals surface area contributed by atoms with E-state index in [9.17, 15) is 4.39 Å². The highest BCUT2D eigenvalue weighted by atomic mass is 19.1. The van der Waals surface area contributed by atoms with Gasteiger partial charge in [0.05, 0.1) is 11.4 Å². The molecule has 90 valence electrons. The lowest BCUT2D eigenvalue weighted by Crippen LogP contribution is -2.02. The van der Waals surface area contributed by atoms with Crippen molar-refractivity contribution in [2.45, 2.75) is 26.2 Å². The summed E-state index contributed by atoms with van der Waals surface area (Å²) in [6.07, 6.45) is 3.11. The van der Waals surface area contributed by atoms with Crippen LogP contribution in [0.15, 0.2) is 30.3 Å². The van der Waals surface area contributed by atoms with Crippen molar-refractivity contribution < 1.29 is 4.39 Å². The molecule has 0 unspecified atom stereocenters. The molecule has 2 aromatic rings. The van der Waals surface area contributed by atoms with Gasteiger partial charge in [-0.25, -0.2) is 9.07 Å². The van der Waals surface area contributed by atoms with Crippen molar-refractivity contribution in [3.05, 3.63) is 41.8 Å². The van der Waals surface area contributed by atoms with Gasteiger partial charge in [-0.2, -0.15) is 5.10 Å². The highest BCUT2D eigenvalue weighted by molar-refractivity contribution is 5.42. The number of aryl methyl sites for hydroxylation is 1. The lowest BCUT2D eigenvalue weighted by Gasteiger charge is -2.03. The van der Waals surface area contributed by atoms with E-state index in [1.165, 1.54) is 12.1 Å². The lowest BCUT2D eigenvalue weighted by molar-refractivity contribution is 0.625. The molecule has 1 aromatic heterocycles. The summed E-state index contributed by atoms with van der Waals surface area (Å²) in [6, 6.07) is 8.11. The molecule has 2 rings (SSSR count). The van der Waals surface area contributed by atoms with Crippen molar-refractivity contribution in [1.29, 1.82) is 0 Å². The zero-order valence-electron chi connectivity index (χ0n) is 9.86. The minimum absolute atomic E-state index is 0.285. The van der Waals surface area contributed by atoms with Crippen LogP contribution in [-0.4, -0.2) is 9.78 Å². The van der Waals surface area contributed by atoms with Gasteiger partial charge in [-0.15, -0.1) is 0 Å². The molecule has 1 aromatic carbocycles. The Labute approximate surface area is 100 Å². The number of halogens is 1. The van der Waals surface area contributed by atoms with Crippen LogP contribution in [0, 0.1) is 5.82 Å². The Bertz CT molecular complexity index is 505. The number of anilines is 1. The highest BCUT2D eigenvalue weighted by Crippen LogP contribution is 2.16. The van der Waals surface area contributed by atoms with Crippen molar-refractivity contribution in [2.24, 2.45) is 0 Å². The first-order chi connectivity index (χ1) is 8.20.